The molecule has 0 saturated heterocycles. The summed E-state index contributed by atoms with van der Waals surface area (Å²) in [5, 5.41) is 3.17. The van der Waals surface area contributed by atoms with E-state index >= 15 is 0 Å². The van der Waals surface area contributed by atoms with Crippen LogP contribution < -0.4 is 5.32 Å². The molecule has 0 aromatic carbocycles. The van der Waals surface area contributed by atoms with Gasteiger partial charge >= 0.3 is 0 Å². The molecule has 5 atom stereocenters. The largest absolute Gasteiger partial charge is 0.315 e. The highest BCUT2D eigenvalue weighted by molar-refractivity contribution is 5.94. The van der Waals surface area contributed by atoms with Crippen LogP contribution in [0, 0.1) is 29.6 Å². The van der Waals surface area contributed by atoms with Gasteiger partial charge in [0.1, 0.15) is 11.6 Å². The molecule has 4 nitrogen and oxygen atoms in total. The summed E-state index contributed by atoms with van der Waals surface area (Å²) in [7, 11) is 0. The average molecular weight is 271 g/mol. The van der Waals surface area contributed by atoms with Gasteiger partial charge in [-0.05, 0) is 55.8 Å². The molecule has 1 aromatic heterocycles. The predicted octanol–water partition coefficient (Wildman–Crippen LogP) is 2.45. The molecule has 1 aromatic rings. The predicted molar refractivity (Wildman–Crippen MR) is 75.1 cm³/mol. The molecule has 0 radical (unpaired) electrons. The first-order valence-electron chi connectivity index (χ1n) is 8.18. The minimum atomic E-state index is 0.268. The van der Waals surface area contributed by atoms with Crippen molar-refractivity contribution in [1.82, 2.24) is 9.55 Å². The third kappa shape index (κ3) is 1.42. The number of hydrogen-bond donors (Lipinski definition) is 1. The Balaban J connectivity index is 1.33. The van der Waals surface area contributed by atoms with E-state index in [1.807, 2.05) is 6.20 Å². The van der Waals surface area contributed by atoms with Gasteiger partial charge in [0.25, 0.3) is 0 Å². The van der Waals surface area contributed by atoms with Crippen molar-refractivity contribution in [3.05, 3.63) is 12.0 Å². The summed E-state index contributed by atoms with van der Waals surface area (Å²) in [6.45, 7) is 1.01. The third-order valence-electron chi connectivity index (χ3n) is 6.26. The molecular weight excluding hydrogens is 250 g/mol. The molecule has 4 aliphatic rings. The minimum Gasteiger partial charge on any atom is -0.315 e. The second kappa shape index (κ2) is 3.86. The number of hydrogen-bond acceptors (Lipinski definition) is 2. The molecule has 1 amide bonds. The van der Waals surface area contributed by atoms with Crippen molar-refractivity contribution >= 4 is 11.7 Å². The van der Waals surface area contributed by atoms with Crippen molar-refractivity contribution in [3.8, 4) is 0 Å². The van der Waals surface area contributed by atoms with Gasteiger partial charge < -0.3 is 9.88 Å². The number of carbonyl (C=O) groups excluding carboxylic acids is 1. The van der Waals surface area contributed by atoms with Crippen molar-refractivity contribution in [2.45, 2.75) is 45.1 Å². The molecule has 1 aliphatic heterocycles. The third-order valence-corrected chi connectivity index (χ3v) is 6.26. The number of anilines is 1. The summed E-state index contributed by atoms with van der Waals surface area (Å²) in [5.74, 6) is 5.82. The quantitative estimate of drug-likeness (QED) is 0.898. The van der Waals surface area contributed by atoms with E-state index in [1.54, 1.807) is 0 Å². The second-order valence-electron chi connectivity index (χ2n) is 7.17. The maximum atomic E-state index is 12.5. The van der Waals surface area contributed by atoms with Crippen LogP contribution in [-0.2, 0) is 17.8 Å². The van der Waals surface area contributed by atoms with Crippen molar-refractivity contribution in [2.24, 2.45) is 29.6 Å². The lowest BCUT2D eigenvalue weighted by Gasteiger charge is -2.17. The number of nitrogens with one attached hydrogen (secondary N) is 1. The Hall–Kier alpha value is -1.32. The van der Waals surface area contributed by atoms with E-state index in [0.29, 0.717) is 5.92 Å². The molecule has 0 spiro atoms. The number of amides is 1. The summed E-state index contributed by atoms with van der Waals surface area (Å²) in [6, 6.07) is 0. The number of carbonyl (C=O) groups is 1. The minimum absolute atomic E-state index is 0.268. The lowest BCUT2D eigenvalue weighted by Crippen LogP contribution is -2.22. The molecule has 3 aliphatic carbocycles. The van der Waals surface area contributed by atoms with Gasteiger partial charge in [0.05, 0.1) is 6.20 Å². The summed E-state index contributed by atoms with van der Waals surface area (Å²) in [4.78, 5) is 17.0. The second-order valence-corrected chi connectivity index (χ2v) is 7.17. The fourth-order valence-corrected chi connectivity index (χ4v) is 5.40. The molecule has 5 rings (SSSR count). The van der Waals surface area contributed by atoms with Crippen molar-refractivity contribution in [3.63, 3.8) is 0 Å². The number of nitrogens with zero attached hydrogens (tertiary/aromatic N) is 2. The van der Waals surface area contributed by atoms with Gasteiger partial charge in [0, 0.05) is 18.9 Å². The molecular formula is C16H21N3O. The molecule has 2 bridgehead atoms. The number of imidazole rings is 1. The standard InChI is InChI=1S/C16H21N3O/c20-16(15-13-9-4-5-10(7-9)14(13)15)18-12-8-17-11-3-1-2-6-19(11)12/h8-10,13-15H,1-7H2,(H,18,20)/t9-,10+,13+,14-,15?. The van der Waals surface area contributed by atoms with Crippen LogP contribution in [-0.4, -0.2) is 15.5 Å². The molecule has 1 N–H and O–H groups in total. The fourth-order valence-electron chi connectivity index (χ4n) is 5.40. The Labute approximate surface area is 119 Å². The van der Waals surface area contributed by atoms with Crippen LogP contribution in [0.3, 0.4) is 0 Å². The van der Waals surface area contributed by atoms with Gasteiger partial charge in [0.2, 0.25) is 5.91 Å². The lowest BCUT2D eigenvalue weighted by atomic mass is 10.0. The SMILES string of the molecule is O=C(Nc1cnc2n1CCCC2)C1[C@@H]2[C@H]3CC[C@H](C3)[C@H]12. The topological polar surface area (TPSA) is 46.9 Å². The number of rotatable bonds is 2. The van der Waals surface area contributed by atoms with Crippen molar-refractivity contribution in [2.75, 3.05) is 5.32 Å². The summed E-state index contributed by atoms with van der Waals surface area (Å²) < 4.78 is 2.20. The van der Waals surface area contributed by atoms with Gasteiger partial charge in [-0.25, -0.2) is 4.98 Å². The monoisotopic (exact) mass is 271 g/mol. The molecule has 106 valence electrons. The Morgan fingerprint density at radius 1 is 1.25 bits per heavy atom. The normalized spacial score (nSPS) is 40.3. The van der Waals surface area contributed by atoms with Gasteiger partial charge in [-0.2, -0.15) is 0 Å². The zero-order chi connectivity index (χ0) is 13.3. The Morgan fingerprint density at radius 2 is 2.05 bits per heavy atom. The smallest absolute Gasteiger partial charge is 0.229 e. The van der Waals surface area contributed by atoms with E-state index in [1.165, 1.54) is 32.1 Å². The highest BCUT2D eigenvalue weighted by Gasteiger charge is 2.67. The maximum Gasteiger partial charge on any atom is 0.229 e. The van der Waals surface area contributed by atoms with Crippen LogP contribution in [0.1, 0.15) is 37.9 Å². The number of fused-ring (bicyclic) bond motifs is 6. The van der Waals surface area contributed by atoms with Gasteiger partial charge in [-0.1, -0.05) is 0 Å². The van der Waals surface area contributed by atoms with E-state index in [4.69, 9.17) is 0 Å². The molecule has 1 unspecified atom stereocenters. The van der Waals surface area contributed by atoms with Crippen LogP contribution in [0.2, 0.25) is 0 Å². The van der Waals surface area contributed by atoms with E-state index in [2.05, 4.69) is 14.9 Å². The molecule has 3 fully saturated rings. The van der Waals surface area contributed by atoms with Gasteiger partial charge in [-0.3, -0.25) is 4.79 Å². The van der Waals surface area contributed by atoms with Crippen LogP contribution in [0.5, 0.6) is 0 Å². The first kappa shape index (κ1) is 11.4. The average Bonchev–Trinajstić information content (AvgIpc) is 2.78. The Kier molecular flexibility index (Phi) is 2.19. The van der Waals surface area contributed by atoms with Crippen molar-refractivity contribution in [1.29, 1.82) is 0 Å². The molecule has 3 saturated carbocycles. The fraction of sp³-hybridized carbons (Fsp3) is 0.750. The van der Waals surface area contributed by atoms with E-state index in [0.717, 1.165) is 48.3 Å². The number of aromatic nitrogens is 2. The molecule has 2 heterocycles. The zero-order valence-corrected chi connectivity index (χ0v) is 11.7. The highest BCUT2D eigenvalue weighted by Crippen LogP contribution is 2.69. The molecule has 4 heteroatoms. The van der Waals surface area contributed by atoms with Crippen molar-refractivity contribution < 1.29 is 4.79 Å². The van der Waals surface area contributed by atoms with Crippen LogP contribution >= 0.6 is 0 Å². The van der Waals surface area contributed by atoms with E-state index in [-0.39, 0.29) is 5.91 Å². The van der Waals surface area contributed by atoms with Crippen LogP contribution in [0.4, 0.5) is 5.82 Å². The number of aryl methyl sites for hydroxylation is 1. The first-order valence-corrected chi connectivity index (χ1v) is 8.18. The highest BCUT2D eigenvalue weighted by atomic mass is 16.2. The van der Waals surface area contributed by atoms with Gasteiger partial charge in [0.15, 0.2) is 0 Å². The van der Waals surface area contributed by atoms with Gasteiger partial charge in [-0.15, -0.1) is 0 Å². The Bertz CT molecular complexity index is 562. The lowest BCUT2D eigenvalue weighted by molar-refractivity contribution is -0.118. The Morgan fingerprint density at radius 3 is 2.85 bits per heavy atom. The molecule has 20 heavy (non-hydrogen) atoms. The van der Waals surface area contributed by atoms with E-state index in [9.17, 15) is 4.79 Å². The summed E-state index contributed by atoms with van der Waals surface area (Å²) in [5.41, 5.74) is 0. The summed E-state index contributed by atoms with van der Waals surface area (Å²) >= 11 is 0. The van der Waals surface area contributed by atoms with Crippen LogP contribution in [0.15, 0.2) is 6.20 Å². The van der Waals surface area contributed by atoms with E-state index < -0.39 is 0 Å². The summed E-state index contributed by atoms with van der Waals surface area (Å²) in [6.07, 6.45) is 9.47. The maximum absolute atomic E-state index is 12.5. The first-order chi connectivity index (χ1) is 9.83. The zero-order valence-electron chi connectivity index (χ0n) is 11.7. The van der Waals surface area contributed by atoms with Crippen LogP contribution in [0.25, 0.3) is 0 Å².